The Bertz CT molecular complexity index is 833. The van der Waals surface area contributed by atoms with Gasteiger partial charge in [0, 0.05) is 24.7 Å². The second kappa shape index (κ2) is 8.47. The Labute approximate surface area is 158 Å². The summed E-state index contributed by atoms with van der Waals surface area (Å²) in [5, 5.41) is 3.79. The van der Waals surface area contributed by atoms with E-state index >= 15 is 0 Å². The van der Waals surface area contributed by atoms with Gasteiger partial charge in [0.05, 0.1) is 11.8 Å². The normalized spacial score (nSPS) is 18.6. The molecule has 8 heteroatoms. The minimum absolute atomic E-state index is 0. The first kappa shape index (κ1) is 20.1. The first-order valence-corrected chi connectivity index (χ1v) is 9.64. The number of nitrogens with zero attached hydrogens (tertiary/aromatic N) is 1. The average molecular weight is 405 g/mol. The molecule has 1 aliphatic heterocycles. The highest BCUT2D eigenvalue weighted by molar-refractivity contribution is 7.88. The van der Waals surface area contributed by atoms with E-state index < -0.39 is 15.8 Å². The Balaban J connectivity index is 0.00000225. The number of nitrogens with one attached hydrogen (secondary N) is 1. The van der Waals surface area contributed by atoms with Crippen molar-refractivity contribution in [3.05, 3.63) is 70.5 Å². The molecule has 1 fully saturated rings. The second-order valence-corrected chi connectivity index (χ2v) is 8.13. The first-order valence-electron chi connectivity index (χ1n) is 7.66. The zero-order valence-electron chi connectivity index (χ0n) is 13.4. The lowest BCUT2D eigenvalue weighted by Crippen LogP contribution is -2.48. The van der Waals surface area contributed by atoms with Crippen LogP contribution in [0.2, 0.25) is 5.02 Å². The average Bonchev–Trinajstić information content (AvgIpc) is 2.54. The van der Waals surface area contributed by atoms with Crippen LogP contribution in [-0.4, -0.2) is 32.4 Å². The molecular weight excluding hydrogens is 386 g/mol. The molecule has 0 aromatic heterocycles. The third kappa shape index (κ3) is 4.92. The van der Waals surface area contributed by atoms with Crippen LogP contribution in [0, 0.1) is 5.82 Å². The molecule has 1 atom stereocenters. The van der Waals surface area contributed by atoms with E-state index in [9.17, 15) is 12.8 Å². The van der Waals surface area contributed by atoms with E-state index in [1.807, 2.05) is 12.1 Å². The summed E-state index contributed by atoms with van der Waals surface area (Å²) in [4.78, 5) is 0. The van der Waals surface area contributed by atoms with E-state index in [0.717, 1.165) is 5.56 Å². The lowest BCUT2D eigenvalue weighted by atomic mass is 10.1. The van der Waals surface area contributed by atoms with Crippen molar-refractivity contribution in [1.29, 1.82) is 0 Å². The van der Waals surface area contributed by atoms with Gasteiger partial charge in [0.25, 0.3) is 0 Å². The highest BCUT2D eigenvalue weighted by Crippen LogP contribution is 2.28. The van der Waals surface area contributed by atoms with Crippen molar-refractivity contribution in [2.75, 3.05) is 19.6 Å². The van der Waals surface area contributed by atoms with Gasteiger partial charge in [0.2, 0.25) is 10.0 Å². The topological polar surface area (TPSA) is 49.4 Å². The van der Waals surface area contributed by atoms with Gasteiger partial charge >= 0.3 is 0 Å². The summed E-state index contributed by atoms with van der Waals surface area (Å²) < 4.78 is 40.6. The van der Waals surface area contributed by atoms with Crippen molar-refractivity contribution in [2.45, 2.75) is 11.8 Å². The van der Waals surface area contributed by atoms with Gasteiger partial charge in [-0.3, -0.25) is 0 Å². The summed E-state index contributed by atoms with van der Waals surface area (Å²) in [6, 6.07) is 12.6. The zero-order chi connectivity index (χ0) is 17.2. The quantitative estimate of drug-likeness (QED) is 0.849. The van der Waals surface area contributed by atoms with Crippen LogP contribution in [-0.2, 0) is 15.8 Å². The van der Waals surface area contributed by atoms with Crippen LogP contribution in [0.15, 0.2) is 48.5 Å². The summed E-state index contributed by atoms with van der Waals surface area (Å²) in [5.74, 6) is -0.656. The molecule has 0 aliphatic carbocycles. The van der Waals surface area contributed by atoms with Crippen LogP contribution in [0.4, 0.5) is 4.39 Å². The molecule has 0 amide bonds. The van der Waals surface area contributed by atoms with Crippen molar-refractivity contribution in [1.82, 2.24) is 9.62 Å². The maximum Gasteiger partial charge on any atom is 0.218 e. The number of hydrogen-bond acceptors (Lipinski definition) is 3. The number of sulfonamides is 1. The molecule has 1 N–H and O–H groups in total. The molecule has 4 nitrogen and oxygen atoms in total. The van der Waals surface area contributed by atoms with Crippen molar-refractivity contribution in [2.24, 2.45) is 0 Å². The molecule has 0 bridgehead atoms. The Kier molecular flexibility index (Phi) is 6.82. The van der Waals surface area contributed by atoms with E-state index in [-0.39, 0.29) is 24.2 Å². The fraction of sp³-hybridized carbons (Fsp3) is 0.294. The molecule has 1 heterocycles. The van der Waals surface area contributed by atoms with Crippen LogP contribution >= 0.6 is 24.0 Å². The van der Waals surface area contributed by atoms with Crippen LogP contribution in [0.3, 0.4) is 0 Å². The minimum Gasteiger partial charge on any atom is -0.313 e. The Morgan fingerprint density at radius 1 is 1.20 bits per heavy atom. The van der Waals surface area contributed by atoms with Crippen LogP contribution in [0.5, 0.6) is 0 Å². The summed E-state index contributed by atoms with van der Waals surface area (Å²) in [7, 11) is -3.58. The van der Waals surface area contributed by atoms with Gasteiger partial charge in [0.15, 0.2) is 0 Å². The molecule has 1 aliphatic rings. The van der Waals surface area contributed by atoms with E-state index in [1.165, 1.54) is 22.5 Å². The lowest BCUT2D eigenvalue weighted by Gasteiger charge is -2.35. The monoisotopic (exact) mass is 404 g/mol. The molecule has 136 valence electrons. The molecule has 1 unspecified atom stereocenters. The molecular formula is C17H19Cl2FN2O2S. The molecule has 0 saturated carbocycles. The molecule has 2 aromatic carbocycles. The van der Waals surface area contributed by atoms with E-state index in [1.54, 1.807) is 18.2 Å². The van der Waals surface area contributed by atoms with Gasteiger partial charge in [-0.1, -0.05) is 35.9 Å². The van der Waals surface area contributed by atoms with Gasteiger partial charge in [0.1, 0.15) is 5.82 Å². The highest BCUT2D eigenvalue weighted by atomic mass is 35.5. The van der Waals surface area contributed by atoms with Gasteiger partial charge < -0.3 is 5.32 Å². The summed E-state index contributed by atoms with van der Waals surface area (Å²) >= 11 is 6.04. The van der Waals surface area contributed by atoms with Crippen molar-refractivity contribution in [3.8, 4) is 0 Å². The molecule has 0 radical (unpaired) electrons. The largest absolute Gasteiger partial charge is 0.313 e. The molecule has 1 saturated heterocycles. The molecule has 0 spiro atoms. The molecule has 3 rings (SSSR count). The van der Waals surface area contributed by atoms with Gasteiger partial charge in [-0.25, -0.2) is 12.8 Å². The Hall–Kier alpha value is -1.18. The van der Waals surface area contributed by atoms with E-state index in [0.29, 0.717) is 30.2 Å². The number of rotatable bonds is 4. The Morgan fingerprint density at radius 3 is 2.68 bits per heavy atom. The predicted molar refractivity (Wildman–Crippen MR) is 100 cm³/mol. The Morgan fingerprint density at radius 2 is 1.96 bits per heavy atom. The highest BCUT2D eigenvalue weighted by Gasteiger charge is 2.33. The van der Waals surface area contributed by atoms with Crippen LogP contribution < -0.4 is 5.32 Å². The predicted octanol–water partition coefficient (Wildman–Crippen LogP) is 3.38. The minimum atomic E-state index is -3.58. The standard InChI is InChI=1S/C17H18ClFN2O2S.ClH/c18-15-5-2-4-14(10-15)17-11-20-7-8-21(17)24(22,23)12-13-3-1-6-16(19)9-13;/h1-6,9-10,17,20H,7-8,11-12H2;1H. The first-order chi connectivity index (χ1) is 11.5. The molecule has 2 aromatic rings. The van der Waals surface area contributed by atoms with E-state index in [4.69, 9.17) is 11.6 Å². The number of benzene rings is 2. The van der Waals surface area contributed by atoms with Gasteiger partial charge in [-0.2, -0.15) is 4.31 Å². The maximum atomic E-state index is 13.3. The summed E-state index contributed by atoms with van der Waals surface area (Å²) in [6.45, 7) is 1.47. The summed E-state index contributed by atoms with van der Waals surface area (Å²) in [5.41, 5.74) is 1.29. The second-order valence-electron chi connectivity index (χ2n) is 5.77. The fourth-order valence-electron chi connectivity index (χ4n) is 2.94. The van der Waals surface area contributed by atoms with Crippen LogP contribution in [0.1, 0.15) is 17.2 Å². The molecule has 25 heavy (non-hydrogen) atoms. The van der Waals surface area contributed by atoms with Crippen molar-refractivity contribution < 1.29 is 12.8 Å². The lowest BCUT2D eigenvalue weighted by molar-refractivity contribution is 0.271. The van der Waals surface area contributed by atoms with E-state index in [2.05, 4.69) is 5.32 Å². The number of halogens is 3. The third-order valence-corrected chi connectivity index (χ3v) is 6.11. The van der Waals surface area contributed by atoms with Crippen molar-refractivity contribution in [3.63, 3.8) is 0 Å². The smallest absolute Gasteiger partial charge is 0.218 e. The fourth-order valence-corrected chi connectivity index (χ4v) is 4.86. The zero-order valence-corrected chi connectivity index (χ0v) is 15.7. The maximum absolute atomic E-state index is 13.3. The third-order valence-electron chi connectivity index (χ3n) is 4.02. The van der Waals surface area contributed by atoms with Gasteiger partial charge in [-0.05, 0) is 35.4 Å². The SMILES string of the molecule is Cl.O=S(=O)(Cc1cccc(F)c1)N1CCNCC1c1cccc(Cl)c1. The summed E-state index contributed by atoms with van der Waals surface area (Å²) in [6.07, 6.45) is 0. The number of hydrogen-bond donors (Lipinski definition) is 1. The van der Waals surface area contributed by atoms with Crippen LogP contribution in [0.25, 0.3) is 0 Å². The van der Waals surface area contributed by atoms with Crippen molar-refractivity contribution >= 4 is 34.0 Å². The van der Waals surface area contributed by atoms with Gasteiger partial charge in [-0.15, -0.1) is 12.4 Å². The number of piperazine rings is 1.